The van der Waals surface area contributed by atoms with Gasteiger partial charge in [0, 0.05) is 12.7 Å². The summed E-state index contributed by atoms with van der Waals surface area (Å²) >= 11 is 0. The summed E-state index contributed by atoms with van der Waals surface area (Å²) in [6, 6.07) is 1.92. The number of rotatable bonds is 5. The van der Waals surface area contributed by atoms with Gasteiger partial charge in [0.1, 0.15) is 6.10 Å². The summed E-state index contributed by atoms with van der Waals surface area (Å²) in [7, 11) is 1.82. The third-order valence-corrected chi connectivity index (χ3v) is 2.71. The largest absolute Gasteiger partial charge is 0.385 e. The molecular formula is C12H20N2O2. The van der Waals surface area contributed by atoms with Crippen LogP contribution in [0.1, 0.15) is 32.2 Å². The number of Topliss-reactive ketones (excluding diaryl/α,β-unsaturated/α-hetero) is 1. The number of aromatic nitrogens is 2. The average molecular weight is 224 g/mol. The van der Waals surface area contributed by atoms with Crippen molar-refractivity contribution in [2.24, 2.45) is 13.0 Å². The second kappa shape index (κ2) is 5.25. The Bertz CT molecular complexity index is 369. The van der Waals surface area contributed by atoms with Crippen molar-refractivity contribution in [1.29, 1.82) is 0 Å². The molecule has 0 aromatic carbocycles. The molecular weight excluding hydrogens is 204 g/mol. The Kier molecular flexibility index (Phi) is 4.24. The highest BCUT2D eigenvalue weighted by Crippen LogP contribution is 2.09. The Morgan fingerprint density at radius 2 is 2.19 bits per heavy atom. The van der Waals surface area contributed by atoms with Gasteiger partial charge in [0.15, 0.2) is 5.78 Å². The first kappa shape index (κ1) is 12.9. The van der Waals surface area contributed by atoms with Gasteiger partial charge in [-0.25, -0.2) is 0 Å². The molecule has 4 nitrogen and oxygen atoms in total. The molecule has 4 heteroatoms. The summed E-state index contributed by atoms with van der Waals surface area (Å²) in [5, 5.41) is 13.9. The zero-order valence-corrected chi connectivity index (χ0v) is 10.4. The second-order valence-corrected chi connectivity index (χ2v) is 4.44. The van der Waals surface area contributed by atoms with Gasteiger partial charge in [0.05, 0.1) is 12.1 Å². The Balaban J connectivity index is 2.73. The van der Waals surface area contributed by atoms with Gasteiger partial charge in [0.25, 0.3) is 0 Å². The van der Waals surface area contributed by atoms with Gasteiger partial charge in [-0.3, -0.25) is 9.48 Å². The van der Waals surface area contributed by atoms with Gasteiger partial charge in [-0.2, -0.15) is 5.10 Å². The fraction of sp³-hybridized carbons (Fsp3) is 0.667. The SMILES string of the molecule is CCc1cc(CC(=O)C(O)C(C)C)n(C)n1. The van der Waals surface area contributed by atoms with E-state index in [1.165, 1.54) is 0 Å². The van der Waals surface area contributed by atoms with E-state index >= 15 is 0 Å². The normalized spacial score (nSPS) is 13.1. The Hall–Kier alpha value is -1.16. The maximum Gasteiger partial charge on any atom is 0.167 e. The summed E-state index contributed by atoms with van der Waals surface area (Å²) in [6.07, 6.45) is 0.234. The zero-order chi connectivity index (χ0) is 12.3. The molecule has 1 rings (SSSR count). The van der Waals surface area contributed by atoms with Gasteiger partial charge in [-0.05, 0) is 18.4 Å². The maximum absolute atomic E-state index is 11.7. The molecule has 1 atom stereocenters. The van der Waals surface area contributed by atoms with Crippen molar-refractivity contribution in [2.45, 2.75) is 39.7 Å². The number of aliphatic hydroxyl groups is 1. The van der Waals surface area contributed by atoms with Crippen molar-refractivity contribution in [3.63, 3.8) is 0 Å². The summed E-state index contributed by atoms with van der Waals surface area (Å²) < 4.78 is 1.71. The molecule has 0 saturated carbocycles. The molecule has 90 valence electrons. The van der Waals surface area contributed by atoms with E-state index < -0.39 is 6.10 Å². The highest BCUT2D eigenvalue weighted by Gasteiger charge is 2.20. The smallest absolute Gasteiger partial charge is 0.167 e. The predicted octanol–water partition coefficient (Wildman–Crippen LogP) is 1.11. The number of aryl methyl sites for hydroxylation is 2. The molecule has 0 bridgehead atoms. The van der Waals surface area contributed by atoms with Crippen LogP contribution in [0, 0.1) is 5.92 Å². The molecule has 1 N–H and O–H groups in total. The number of aliphatic hydroxyl groups excluding tert-OH is 1. The molecule has 0 saturated heterocycles. The molecule has 0 radical (unpaired) electrons. The standard InChI is InChI=1S/C12H20N2O2/c1-5-9-6-10(14(4)13-9)7-11(15)12(16)8(2)3/h6,8,12,16H,5,7H2,1-4H3. The molecule has 1 aromatic rings. The van der Waals surface area contributed by atoms with Gasteiger partial charge in [-0.1, -0.05) is 20.8 Å². The van der Waals surface area contributed by atoms with Crippen molar-refractivity contribution in [3.05, 3.63) is 17.5 Å². The van der Waals surface area contributed by atoms with E-state index in [1.807, 2.05) is 33.9 Å². The van der Waals surface area contributed by atoms with Gasteiger partial charge < -0.3 is 5.11 Å². The van der Waals surface area contributed by atoms with E-state index in [1.54, 1.807) is 4.68 Å². The first-order chi connectivity index (χ1) is 7.45. The molecule has 0 spiro atoms. The first-order valence-electron chi connectivity index (χ1n) is 5.68. The third-order valence-electron chi connectivity index (χ3n) is 2.71. The fourth-order valence-electron chi connectivity index (χ4n) is 1.56. The van der Waals surface area contributed by atoms with Crippen molar-refractivity contribution in [1.82, 2.24) is 9.78 Å². The Morgan fingerprint density at radius 1 is 1.56 bits per heavy atom. The summed E-state index contributed by atoms with van der Waals surface area (Å²) in [5.41, 5.74) is 1.84. The van der Waals surface area contributed by atoms with Gasteiger partial charge in [0.2, 0.25) is 0 Å². The molecule has 0 fully saturated rings. The van der Waals surface area contributed by atoms with Gasteiger partial charge in [-0.15, -0.1) is 0 Å². The summed E-state index contributed by atoms with van der Waals surface area (Å²) in [6.45, 7) is 5.70. The number of ketones is 1. The van der Waals surface area contributed by atoms with E-state index in [2.05, 4.69) is 5.10 Å². The quantitative estimate of drug-likeness (QED) is 0.815. The minimum absolute atomic E-state index is 0.0358. The van der Waals surface area contributed by atoms with Crippen LogP contribution in [-0.2, 0) is 24.7 Å². The van der Waals surface area contributed by atoms with Crippen LogP contribution in [0.3, 0.4) is 0 Å². The van der Waals surface area contributed by atoms with Crippen molar-refractivity contribution < 1.29 is 9.90 Å². The molecule has 1 heterocycles. The van der Waals surface area contributed by atoms with Crippen molar-refractivity contribution >= 4 is 5.78 Å². The Morgan fingerprint density at radius 3 is 2.62 bits per heavy atom. The van der Waals surface area contributed by atoms with E-state index in [4.69, 9.17) is 0 Å². The number of carbonyl (C=O) groups is 1. The topological polar surface area (TPSA) is 55.1 Å². The van der Waals surface area contributed by atoms with E-state index in [9.17, 15) is 9.90 Å². The lowest BCUT2D eigenvalue weighted by molar-refractivity contribution is -0.128. The predicted molar refractivity (Wildman–Crippen MR) is 62.1 cm³/mol. The van der Waals surface area contributed by atoms with E-state index in [-0.39, 0.29) is 18.1 Å². The average Bonchev–Trinajstić information content (AvgIpc) is 2.58. The van der Waals surface area contributed by atoms with Crippen LogP contribution in [0.4, 0.5) is 0 Å². The fourth-order valence-corrected chi connectivity index (χ4v) is 1.56. The minimum Gasteiger partial charge on any atom is -0.385 e. The van der Waals surface area contributed by atoms with Crippen LogP contribution in [-0.4, -0.2) is 26.8 Å². The highest BCUT2D eigenvalue weighted by molar-refractivity contribution is 5.84. The summed E-state index contributed by atoms with van der Waals surface area (Å²) in [5.74, 6) is -0.174. The summed E-state index contributed by atoms with van der Waals surface area (Å²) in [4.78, 5) is 11.7. The molecule has 1 unspecified atom stereocenters. The minimum atomic E-state index is -0.875. The van der Waals surface area contributed by atoms with Crippen LogP contribution in [0.15, 0.2) is 6.07 Å². The maximum atomic E-state index is 11.7. The number of hydrogen-bond donors (Lipinski definition) is 1. The third kappa shape index (κ3) is 2.92. The molecule has 16 heavy (non-hydrogen) atoms. The zero-order valence-electron chi connectivity index (χ0n) is 10.4. The van der Waals surface area contributed by atoms with Crippen LogP contribution >= 0.6 is 0 Å². The van der Waals surface area contributed by atoms with Crippen LogP contribution in [0.25, 0.3) is 0 Å². The lowest BCUT2D eigenvalue weighted by Crippen LogP contribution is -2.28. The highest BCUT2D eigenvalue weighted by atomic mass is 16.3. The van der Waals surface area contributed by atoms with Crippen LogP contribution < -0.4 is 0 Å². The molecule has 0 aliphatic carbocycles. The number of carbonyl (C=O) groups excluding carboxylic acids is 1. The second-order valence-electron chi connectivity index (χ2n) is 4.44. The number of nitrogens with zero attached hydrogens (tertiary/aromatic N) is 2. The van der Waals surface area contributed by atoms with Gasteiger partial charge >= 0.3 is 0 Å². The molecule has 0 aliphatic rings. The van der Waals surface area contributed by atoms with Crippen LogP contribution in [0.2, 0.25) is 0 Å². The lowest BCUT2D eigenvalue weighted by Gasteiger charge is -2.12. The molecule has 0 amide bonds. The van der Waals surface area contributed by atoms with E-state index in [0.29, 0.717) is 0 Å². The number of hydrogen-bond acceptors (Lipinski definition) is 3. The lowest BCUT2D eigenvalue weighted by atomic mass is 10.00. The van der Waals surface area contributed by atoms with Crippen LogP contribution in [0.5, 0.6) is 0 Å². The monoisotopic (exact) mass is 224 g/mol. The Labute approximate surface area is 96.3 Å². The molecule has 0 aliphatic heterocycles. The first-order valence-corrected chi connectivity index (χ1v) is 5.68. The molecule has 1 aromatic heterocycles. The van der Waals surface area contributed by atoms with Crippen molar-refractivity contribution in [3.8, 4) is 0 Å². The van der Waals surface area contributed by atoms with Crippen molar-refractivity contribution in [2.75, 3.05) is 0 Å². The van der Waals surface area contributed by atoms with E-state index in [0.717, 1.165) is 17.8 Å².